The second-order valence-electron chi connectivity index (χ2n) is 4.43. The van der Waals surface area contributed by atoms with E-state index in [9.17, 15) is 4.79 Å². The summed E-state index contributed by atoms with van der Waals surface area (Å²) < 4.78 is 1.74. The molecular formula is C14H18ClN3O. The van der Waals surface area contributed by atoms with Gasteiger partial charge in [0.25, 0.3) is 5.56 Å². The van der Waals surface area contributed by atoms with Gasteiger partial charge in [-0.3, -0.25) is 9.36 Å². The van der Waals surface area contributed by atoms with E-state index in [-0.39, 0.29) is 5.56 Å². The second-order valence-corrected chi connectivity index (χ2v) is 4.84. The Hall–Kier alpha value is -1.39. The molecule has 2 rings (SSSR count). The van der Waals surface area contributed by atoms with Gasteiger partial charge in [0, 0.05) is 13.0 Å². The first-order valence-electron chi connectivity index (χ1n) is 6.51. The zero-order chi connectivity index (χ0) is 13.8. The van der Waals surface area contributed by atoms with Crippen molar-refractivity contribution in [2.75, 3.05) is 13.6 Å². The highest BCUT2D eigenvalue weighted by Crippen LogP contribution is 2.18. The van der Waals surface area contributed by atoms with Crippen molar-refractivity contribution in [2.45, 2.75) is 26.3 Å². The molecule has 0 fully saturated rings. The lowest BCUT2D eigenvalue weighted by atomic mass is 10.2. The Kier molecular flexibility index (Phi) is 4.56. The molecule has 4 nitrogen and oxygen atoms in total. The highest BCUT2D eigenvalue weighted by molar-refractivity contribution is 6.35. The lowest BCUT2D eigenvalue weighted by Crippen LogP contribution is -2.26. The third-order valence-electron chi connectivity index (χ3n) is 3.14. The van der Waals surface area contributed by atoms with E-state index in [0.717, 1.165) is 25.2 Å². The van der Waals surface area contributed by atoms with Crippen LogP contribution in [0.25, 0.3) is 10.9 Å². The van der Waals surface area contributed by atoms with Crippen LogP contribution in [-0.4, -0.2) is 23.1 Å². The van der Waals surface area contributed by atoms with Crippen LogP contribution in [0.2, 0.25) is 5.02 Å². The third-order valence-corrected chi connectivity index (χ3v) is 3.45. The summed E-state index contributed by atoms with van der Waals surface area (Å²) in [6.07, 6.45) is 1.62. The molecule has 1 N–H and O–H groups in total. The van der Waals surface area contributed by atoms with Gasteiger partial charge in [-0.05, 0) is 32.1 Å². The van der Waals surface area contributed by atoms with E-state index in [1.165, 1.54) is 0 Å². The first-order chi connectivity index (χ1) is 9.19. The number of hydrogen-bond acceptors (Lipinski definition) is 3. The summed E-state index contributed by atoms with van der Waals surface area (Å²) >= 11 is 6.13. The van der Waals surface area contributed by atoms with Crippen LogP contribution in [0.1, 0.15) is 19.2 Å². The predicted octanol–water partition coefficient (Wildman–Crippen LogP) is 2.22. The molecule has 0 radical (unpaired) electrons. The van der Waals surface area contributed by atoms with E-state index in [1.54, 1.807) is 10.6 Å². The summed E-state index contributed by atoms with van der Waals surface area (Å²) in [6, 6.07) is 5.39. The highest BCUT2D eigenvalue weighted by Gasteiger charge is 2.11. The molecule has 0 unspecified atom stereocenters. The van der Waals surface area contributed by atoms with Crippen LogP contribution < -0.4 is 10.9 Å². The highest BCUT2D eigenvalue weighted by atomic mass is 35.5. The third kappa shape index (κ3) is 2.80. The van der Waals surface area contributed by atoms with Gasteiger partial charge in [0.15, 0.2) is 0 Å². The lowest BCUT2D eigenvalue weighted by molar-refractivity contribution is 0.570. The summed E-state index contributed by atoms with van der Waals surface area (Å²) in [5, 5.41) is 4.07. The average molecular weight is 280 g/mol. The molecule has 102 valence electrons. The molecule has 19 heavy (non-hydrogen) atoms. The Morgan fingerprint density at radius 1 is 1.42 bits per heavy atom. The van der Waals surface area contributed by atoms with E-state index in [1.807, 2.05) is 26.1 Å². The maximum atomic E-state index is 12.5. The standard InChI is InChI=1S/C14H18ClN3O/c1-3-12-17-11-7-4-6-10(15)13(11)14(19)18(12)9-5-8-16-2/h4,6-7,16H,3,5,8-9H2,1-2H3. The molecule has 0 aliphatic rings. The zero-order valence-corrected chi connectivity index (χ0v) is 12.0. The van der Waals surface area contributed by atoms with Crippen LogP contribution in [-0.2, 0) is 13.0 Å². The van der Waals surface area contributed by atoms with E-state index in [0.29, 0.717) is 22.5 Å². The number of rotatable bonds is 5. The molecule has 0 aliphatic heterocycles. The summed E-state index contributed by atoms with van der Waals surface area (Å²) in [6.45, 7) is 3.54. The number of fused-ring (bicyclic) bond motifs is 1. The normalized spacial score (nSPS) is 11.1. The molecule has 2 aromatic rings. The van der Waals surface area contributed by atoms with Crippen molar-refractivity contribution in [1.29, 1.82) is 0 Å². The Bertz CT molecular complexity index is 636. The van der Waals surface area contributed by atoms with Gasteiger partial charge in [-0.2, -0.15) is 0 Å². The molecule has 0 saturated carbocycles. The van der Waals surface area contributed by atoms with Crippen LogP contribution in [0, 0.1) is 0 Å². The van der Waals surface area contributed by atoms with Crippen LogP contribution in [0.4, 0.5) is 0 Å². The van der Waals surface area contributed by atoms with Crippen LogP contribution in [0.5, 0.6) is 0 Å². The van der Waals surface area contributed by atoms with Gasteiger partial charge in [-0.1, -0.05) is 24.6 Å². The fourth-order valence-electron chi connectivity index (χ4n) is 2.18. The Balaban J connectivity index is 2.57. The molecule has 0 aliphatic carbocycles. The van der Waals surface area contributed by atoms with Crippen LogP contribution >= 0.6 is 11.6 Å². The van der Waals surface area contributed by atoms with Gasteiger partial charge in [0.05, 0.1) is 15.9 Å². The number of aromatic nitrogens is 2. The molecule has 0 atom stereocenters. The van der Waals surface area contributed by atoms with Gasteiger partial charge >= 0.3 is 0 Å². The van der Waals surface area contributed by atoms with Crippen molar-refractivity contribution in [3.63, 3.8) is 0 Å². The molecular weight excluding hydrogens is 262 g/mol. The molecule has 0 bridgehead atoms. The minimum atomic E-state index is -0.0384. The number of aryl methyl sites for hydroxylation is 1. The molecule has 0 amide bonds. The van der Waals surface area contributed by atoms with E-state index >= 15 is 0 Å². The van der Waals surface area contributed by atoms with E-state index < -0.39 is 0 Å². The quantitative estimate of drug-likeness (QED) is 0.854. The molecule has 1 aromatic carbocycles. The van der Waals surface area contributed by atoms with Crippen LogP contribution in [0.3, 0.4) is 0 Å². The zero-order valence-electron chi connectivity index (χ0n) is 11.2. The van der Waals surface area contributed by atoms with Crippen molar-refractivity contribution >= 4 is 22.5 Å². The number of halogens is 1. The molecule has 5 heteroatoms. The Morgan fingerprint density at radius 2 is 2.21 bits per heavy atom. The number of nitrogens with one attached hydrogen (secondary N) is 1. The van der Waals surface area contributed by atoms with Crippen molar-refractivity contribution in [2.24, 2.45) is 0 Å². The molecule has 1 heterocycles. The van der Waals surface area contributed by atoms with Crippen molar-refractivity contribution in [3.05, 3.63) is 39.4 Å². The van der Waals surface area contributed by atoms with Gasteiger partial charge in [0.1, 0.15) is 5.82 Å². The summed E-state index contributed by atoms with van der Waals surface area (Å²) in [5.41, 5.74) is 0.641. The number of hydrogen-bond donors (Lipinski definition) is 1. The van der Waals surface area contributed by atoms with E-state index in [4.69, 9.17) is 11.6 Å². The SMILES string of the molecule is CCc1nc2cccc(Cl)c2c(=O)n1CCCNC. The molecule has 0 saturated heterocycles. The largest absolute Gasteiger partial charge is 0.320 e. The lowest BCUT2D eigenvalue weighted by Gasteiger charge is -2.12. The minimum Gasteiger partial charge on any atom is -0.320 e. The maximum absolute atomic E-state index is 12.5. The monoisotopic (exact) mass is 279 g/mol. The summed E-state index contributed by atoms with van der Waals surface area (Å²) in [4.78, 5) is 17.1. The van der Waals surface area contributed by atoms with Gasteiger partial charge < -0.3 is 5.32 Å². The average Bonchev–Trinajstić information content (AvgIpc) is 2.41. The first-order valence-corrected chi connectivity index (χ1v) is 6.89. The van der Waals surface area contributed by atoms with Gasteiger partial charge in [-0.25, -0.2) is 4.98 Å². The number of benzene rings is 1. The number of nitrogens with zero attached hydrogens (tertiary/aromatic N) is 2. The minimum absolute atomic E-state index is 0.0384. The van der Waals surface area contributed by atoms with Crippen molar-refractivity contribution in [1.82, 2.24) is 14.9 Å². The topological polar surface area (TPSA) is 46.9 Å². The van der Waals surface area contributed by atoms with Gasteiger partial charge in [0.2, 0.25) is 0 Å². The predicted molar refractivity (Wildman–Crippen MR) is 78.9 cm³/mol. The first kappa shape index (κ1) is 14.0. The summed E-state index contributed by atoms with van der Waals surface area (Å²) in [7, 11) is 1.90. The smallest absolute Gasteiger partial charge is 0.262 e. The fraction of sp³-hybridized carbons (Fsp3) is 0.429. The molecule has 1 aromatic heterocycles. The van der Waals surface area contributed by atoms with Crippen LogP contribution in [0.15, 0.2) is 23.0 Å². The van der Waals surface area contributed by atoms with Crippen molar-refractivity contribution in [3.8, 4) is 0 Å². The second kappa shape index (κ2) is 6.17. The Morgan fingerprint density at radius 3 is 2.89 bits per heavy atom. The van der Waals surface area contributed by atoms with E-state index in [2.05, 4.69) is 10.3 Å². The summed E-state index contributed by atoms with van der Waals surface area (Å²) in [5.74, 6) is 0.816. The fourth-order valence-corrected chi connectivity index (χ4v) is 2.43. The molecule has 0 spiro atoms. The maximum Gasteiger partial charge on any atom is 0.262 e. The van der Waals surface area contributed by atoms with Gasteiger partial charge in [-0.15, -0.1) is 0 Å². The van der Waals surface area contributed by atoms with Crippen molar-refractivity contribution < 1.29 is 0 Å². The Labute approximate surface area is 117 Å².